The van der Waals surface area contributed by atoms with E-state index in [0.717, 1.165) is 21.8 Å². The standard InChI is InChI=1S/2C10H12BrN/c2*11-8-5-4-7-2-1-3-10(12)9(7)6-8/h2*4-6,10H,1-3,12H2/t10-;/m0./s1. The van der Waals surface area contributed by atoms with Crippen molar-refractivity contribution in [2.75, 3.05) is 0 Å². The second-order valence-corrected chi connectivity index (χ2v) is 8.52. The van der Waals surface area contributed by atoms with Crippen molar-refractivity contribution in [3.63, 3.8) is 0 Å². The zero-order chi connectivity index (χ0) is 17.1. The molecule has 0 saturated heterocycles. The van der Waals surface area contributed by atoms with Crippen LogP contribution in [0.15, 0.2) is 45.3 Å². The maximum absolute atomic E-state index is 5.99. The normalized spacial score (nSPS) is 22.0. The fourth-order valence-electron chi connectivity index (χ4n) is 3.61. The third-order valence-corrected chi connectivity index (χ3v) is 5.92. The number of hydrogen-bond donors (Lipinski definition) is 2. The van der Waals surface area contributed by atoms with Crippen molar-refractivity contribution in [3.05, 3.63) is 67.6 Å². The number of fused-ring (bicyclic) bond motifs is 2. The highest BCUT2D eigenvalue weighted by atomic mass is 79.9. The Bertz CT molecular complexity index is 653. The molecule has 0 amide bonds. The van der Waals surface area contributed by atoms with Gasteiger partial charge in [-0.05, 0) is 85.0 Å². The van der Waals surface area contributed by atoms with Crippen molar-refractivity contribution in [2.24, 2.45) is 11.5 Å². The van der Waals surface area contributed by atoms with Gasteiger partial charge in [0.1, 0.15) is 0 Å². The van der Waals surface area contributed by atoms with E-state index >= 15 is 0 Å². The number of benzene rings is 2. The lowest BCUT2D eigenvalue weighted by Crippen LogP contribution is -2.17. The van der Waals surface area contributed by atoms with E-state index in [1.165, 1.54) is 47.9 Å². The molecule has 0 heterocycles. The number of nitrogens with two attached hydrogens (primary N) is 2. The topological polar surface area (TPSA) is 52.0 Å². The minimum absolute atomic E-state index is 0.256. The van der Waals surface area contributed by atoms with Gasteiger partial charge in [-0.1, -0.05) is 44.0 Å². The molecule has 0 fully saturated rings. The highest BCUT2D eigenvalue weighted by molar-refractivity contribution is 9.10. The van der Waals surface area contributed by atoms with E-state index in [1.54, 1.807) is 0 Å². The van der Waals surface area contributed by atoms with Gasteiger partial charge < -0.3 is 11.5 Å². The van der Waals surface area contributed by atoms with Gasteiger partial charge >= 0.3 is 0 Å². The molecule has 2 aliphatic rings. The second-order valence-electron chi connectivity index (χ2n) is 6.68. The Kier molecular flexibility index (Phi) is 6.14. The Labute approximate surface area is 161 Å². The first kappa shape index (κ1) is 18.1. The van der Waals surface area contributed by atoms with E-state index in [1.807, 2.05) is 0 Å². The first-order valence-electron chi connectivity index (χ1n) is 8.62. The third-order valence-electron chi connectivity index (χ3n) is 4.94. The summed E-state index contributed by atoms with van der Waals surface area (Å²) in [5, 5.41) is 0. The van der Waals surface area contributed by atoms with Crippen molar-refractivity contribution in [2.45, 2.75) is 50.6 Å². The summed E-state index contributed by atoms with van der Waals surface area (Å²) in [5.41, 5.74) is 17.5. The van der Waals surface area contributed by atoms with Crippen LogP contribution in [0.1, 0.15) is 60.0 Å². The summed E-state index contributed by atoms with van der Waals surface area (Å²) in [6.07, 6.45) is 7.10. The SMILES string of the molecule is NC1CCCc2ccc(Br)cc21.N[C@H]1CCCc2ccc(Br)cc21. The highest BCUT2D eigenvalue weighted by Gasteiger charge is 2.17. The number of aryl methyl sites for hydroxylation is 2. The molecule has 0 bridgehead atoms. The van der Waals surface area contributed by atoms with Gasteiger partial charge in [-0.2, -0.15) is 0 Å². The fraction of sp³-hybridized carbons (Fsp3) is 0.400. The summed E-state index contributed by atoms with van der Waals surface area (Å²) in [6.45, 7) is 0. The molecule has 0 spiro atoms. The van der Waals surface area contributed by atoms with Crippen LogP contribution in [-0.4, -0.2) is 0 Å². The van der Waals surface area contributed by atoms with Gasteiger partial charge in [0.25, 0.3) is 0 Å². The molecule has 4 N–H and O–H groups in total. The van der Waals surface area contributed by atoms with E-state index in [0.29, 0.717) is 0 Å². The molecule has 2 aromatic carbocycles. The highest BCUT2D eigenvalue weighted by Crippen LogP contribution is 2.30. The Morgan fingerprint density at radius 2 is 1.12 bits per heavy atom. The van der Waals surface area contributed by atoms with Crippen LogP contribution < -0.4 is 11.5 Å². The van der Waals surface area contributed by atoms with E-state index in [2.05, 4.69) is 68.3 Å². The molecule has 2 atom stereocenters. The number of hydrogen-bond acceptors (Lipinski definition) is 2. The Morgan fingerprint density at radius 3 is 1.54 bits per heavy atom. The largest absolute Gasteiger partial charge is 0.324 e. The lowest BCUT2D eigenvalue weighted by molar-refractivity contribution is 0.570. The molecule has 0 saturated carbocycles. The van der Waals surface area contributed by atoms with Crippen LogP contribution in [0, 0.1) is 0 Å². The van der Waals surface area contributed by atoms with Crippen LogP contribution in [0.4, 0.5) is 0 Å². The average Bonchev–Trinajstić information content (AvgIpc) is 2.57. The first-order chi connectivity index (χ1) is 11.5. The van der Waals surface area contributed by atoms with Gasteiger partial charge in [-0.3, -0.25) is 0 Å². The zero-order valence-electron chi connectivity index (χ0n) is 13.8. The summed E-state index contributed by atoms with van der Waals surface area (Å²) >= 11 is 6.92. The zero-order valence-corrected chi connectivity index (χ0v) is 16.9. The Morgan fingerprint density at radius 1 is 0.708 bits per heavy atom. The lowest BCUT2D eigenvalue weighted by atomic mass is 9.88. The van der Waals surface area contributed by atoms with Gasteiger partial charge in [0, 0.05) is 21.0 Å². The summed E-state index contributed by atoms with van der Waals surface area (Å²) in [5.74, 6) is 0. The van der Waals surface area contributed by atoms with Crippen LogP contribution in [0.3, 0.4) is 0 Å². The van der Waals surface area contributed by atoms with Crippen LogP contribution >= 0.6 is 31.9 Å². The molecule has 2 aromatic rings. The van der Waals surface area contributed by atoms with Gasteiger partial charge in [0.05, 0.1) is 0 Å². The molecule has 0 aliphatic heterocycles. The molecule has 4 heteroatoms. The molecule has 1 unspecified atom stereocenters. The number of halogens is 2. The summed E-state index contributed by atoms with van der Waals surface area (Å²) in [4.78, 5) is 0. The van der Waals surface area contributed by atoms with Gasteiger partial charge in [0.15, 0.2) is 0 Å². The van der Waals surface area contributed by atoms with Crippen LogP contribution in [-0.2, 0) is 12.8 Å². The smallest absolute Gasteiger partial charge is 0.0298 e. The Hall–Kier alpha value is -0.680. The van der Waals surface area contributed by atoms with Crippen molar-refractivity contribution in [3.8, 4) is 0 Å². The summed E-state index contributed by atoms with van der Waals surface area (Å²) in [7, 11) is 0. The molecule has 2 nitrogen and oxygen atoms in total. The van der Waals surface area contributed by atoms with Gasteiger partial charge in [-0.25, -0.2) is 0 Å². The molecule has 24 heavy (non-hydrogen) atoms. The fourth-order valence-corrected chi connectivity index (χ4v) is 4.37. The van der Waals surface area contributed by atoms with Crippen LogP contribution in [0.25, 0.3) is 0 Å². The van der Waals surface area contributed by atoms with Crippen molar-refractivity contribution >= 4 is 31.9 Å². The Balaban J connectivity index is 0.000000141. The first-order valence-corrected chi connectivity index (χ1v) is 10.2. The third kappa shape index (κ3) is 4.29. The van der Waals surface area contributed by atoms with Gasteiger partial charge in [-0.15, -0.1) is 0 Å². The lowest BCUT2D eigenvalue weighted by Gasteiger charge is -2.22. The molecular formula is C20H24Br2N2. The monoisotopic (exact) mass is 450 g/mol. The predicted octanol–water partition coefficient (Wildman–Crippen LogP) is 5.57. The molecule has 0 aromatic heterocycles. The quantitative estimate of drug-likeness (QED) is 0.549. The van der Waals surface area contributed by atoms with Gasteiger partial charge in [0.2, 0.25) is 0 Å². The molecule has 128 valence electrons. The van der Waals surface area contributed by atoms with Crippen LogP contribution in [0.5, 0.6) is 0 Å². The minimum Gasteiger partial charge on any atom is -0.324 e. The summed E-state index contributed by atoms with van der Waals surface area (Å²) < 4.78 is 2.28. The molecule has 2 aliphatic carbocycles. The van der Waals surface area contributed by atoms with E-state index < -0.39 is 0 Å². The maximum atomic E-state index is 5.99. The van der Waals surface area contributed by atoms with Crippen molar-refractivity contribution in [1.82, 2.24) is 0 Å². The van der Waals surface area contributed by atoms with Crippen molar-refractivity contribution < 1.29 is 0 Å². The maximum Gasteiger partial charge on any atom is 0.0298 e. The van der Waals surface area contributed by atoms with E-state index in [-0.39, 0.29) is 12.1 Å². The van der Waals surface area contributed by atoms with E-state index in [9.17, 15) is 0 Å². The average molecular weight is 452 g/mol. The molecule has 0 radical (unpaired) electrons. The predicted molar refractivity (Wildman–Crippen MR) is 108 cm³/mol. The molecular weight excluding hydrogens is 428 g/mol. The molecule has 4 rings (SSSR count). The minimum atomic E-state index is 0.256. The second kappa shape index (κ2) is 8.13. The van der Waals surface area contributed by atoms with Crippen LogP contribution in [0.2, 0.25) is 0 Å². The number of rotatable bonds is 0. The summed E-state index contributed by atoms with van der Waals surface area (Å²) in [6, 6.07) is 13.4. The van der Waals surface area contributed by atoms with Crippen molar-refractivity contribution in [1.29, 1.82) is 0 Å². The van der Waals surface area contributed by atoms with E-state index in [4.69, 9.17) is 11.5 Å².